The standard InChI is InChI=1S/C15H21N3O/c19-15(17-13-4-5-13)12-2-6-14(7-3-12)18-10-1-8-16-9-11-18/h2-3,6-7,13,16H,1,4-5,8-11H2,(H,17,19). The van der Waals surface area contributed by atoms with Gasteiger partial charge in [0.05, 0.1) is 0 Å². The molecular formula is C15H21N3O. The van der Waals surface area contributed by atoms with Gasteiger partial charge in [-0.1, -0.05) is 0 Å². The third-order valence-electron chi connectivity index (χ3n) is 3.75. The molecule has 0 radical (unpaired) electrons. The first kappa shape index (κ1) is 12.5. The fourth-order valence-electron chi connectivity index (χ4n) is 2.42. The van der Waals surface area contributed by atoms with E-state index in [1.807, 2.05) is 12.1 Å². The lowest BCUT2D eigenvalue weighted by Gasteiger charge is -2.22. The average molecular weight is 259 g/mol. The van der Waals surface area contributed by atoms with Crippen LogP contribution in [0.25, 0.3) is 0 Å². The fourth-order valence-corrected chi connectivity index (χ4v) is 2.42. The predicted molar refractivity (Wildman–Crippen MR) is 76.6 cm³/mol. The molecule has 102 valence electrons. The number of carbonyl (C=O) groups excluding carboxylic acids is 1. The van der Waals surface area contributed by atoms with E-state index in [1.54, 1.807) is 0 Å². The summed E-state index contributed by atoms with van der Waals surface area (Å²) in [5.74, 6) is 0.0617. The van der Waals surface area contributed by atoms with E-state index in [0.29, 0.717) is 6.04 Å². The Labute approximate surface area is 114 Å². The van der Waals surface area contributed by atoms with Crippen molar-refractivity contribution in [3.05, 3.63) is 29.8 Å². The molecule has 2 aliphatic rings. The van der Waals surface area contributed by atoms with Crippen LogP contribution in [0.1, 0.15) is 29.6 Å². The summed E-state index contributed by atoms with van der Waals surface area (Å²) < 4.78 is 0. The van der Waals surface area contributed by atoms with Gasteiger partial charge in [-0.3, -0.25) is 4.79 Å². The van der Waals surface area contributed by atoms with Crippen LogP contribution in [0.3, 0.4) is 0 Å². The zero-order chi connectivity index (χ0) is 13.1. The zero-order valence-electron chi connectivity index (χ0n) is 11.2. The van der Waals surface area contributed by atoms with Crippen molar-refractivity contribution in [3.8, 4) is 0 Å². The topological polar surface area (TPSA) is 44.4 Å². The second-order valence-corrected chi connectivity index (χ2v) is 5.39. The largest absolute Gasteiger partial charge is 0.370 e. The highest BCUT2D eigenvalue weighted by atomic mass is 16.1. The predicted octanol–water partition coefficient (Wildman–Crippen LogP) is 1.38. The Morgan fingerprint density at radius 2 is 1.95 bits per heavy atom. The summed E-state index contributed by atoms with van der Waals surface area (Å²) in [6.45, 7) is 4.25. The van der Waals surface area contributed by atoms with Crippen molar-refractivity contribution in [1.82, 2.24) is 10.6 Å². The third-order valence-corrected chi connectivity index (χ3v) is 3.75. The van der Waals surface area contributed by atoms with Gasteiger partial charge in [-0.05, 0) is 50.1 Å². The van der Waals surface area contributed by atoms with E-state index in [1.165, 1.54) is 12.1 Å². The maximum atomic E-state index is 11.9. The summed E-state index contributed by atoms with van der Waals surface area (Å²) in [5.41, 5.74) is 1.98. The smallest absolute Gasteiger partial charge is 0.251 e. The van der Waals surface area contributed by atoms with Crippen LogP contribution in [0.15, 0.2) is 24.3 Å². The second-order valence-electron chi connectivity index (χ2n) is 5.39. The van der Waals surface area contributed by atoms with Crippen LogP contribution in [-0.4, -0.2) is 38.1 Å². The number of rotatable bonds is 3. The highest BCUT2D eigenvalue weighted by Crippen LogP contribution is 2.20. The van der Waals surface area contributed by atoms with Gasteiger partial charge in [0, 0.05) is 36.9 Å². The van der Waals surface area contributed by atoms with E-state index in [9.17, 15) is 4.79 Å². The highest BCUT2D eigenvalue weighted by molar-refractivity contribution is 5.94. The van der Waals surface area contributed by atoms with Crippen LogP contribution in [-0.2, 0) is 0 Å². The summed E-state index contributed by atoms with van der Waals surface area (Å²) in [5, 5.41) is 6.42. The third kappa shape index (κ3) is 3.26. The first-order chi connectivity index (χ1) is 9.33. The fraction of sp³-hybridized carbons (Fsp3) is 0.533. The van der Waals surface area contributed by atoms with Gasteiger partial charge in [0.25, 0.3) is 5.91 Å². The Hall–Kier alpha value is -1.55. The van der Waals surface area contributed by atoms with E-state index in [2.05, 4.69) is 27.7 Å². The van der Waals surface area contributed by atoms with Crippen LogP contribution in [0.5, 0.6) is 0 Å². The summed E-state index contributed by atoms with van der Waals surface area (Å²) in [6, 6.07) is 8.42. The van der Waals surface area contributed by atoms with Crippen molar-refractivity contribution in [2.24, 2.45) is 0 Å². The Kier molecular flexibility index (Phi) is 3.69. The van der Waals surface area contributed by atoms with Gasteiger partial charge in [0.15, 0.2) is 0 Å². The molecule has 1 aliphatic heterocycles. The number of nitrogens with zero attached hydrogens (tertiary/aromatic N) is 1. The van der Waals surface area contributed by atoms with Gasteiger partial charge in [0.2, 0.25) is 0 Å². The molecule has 1 aliphatic carbocycles. The van der Waals surface area contributed by atoms with E-state index in [4.69, 9.17) is 0 Å². The van der Waals surface area contributed by atoms with Crippen molar-refractivity contribution in [2.75, 3.05) is 31.1 Å². The molecule has 0 aromatic heterocycles. The molecule has 1 amide bonds. The van der Waals surface area contributed by atoms with E-state index >= 15 is 0 Å². The first-order valence-electron chi connectivity index (χ1n) is 7.19. The normalized spacial score (nSPS) is 19.9. The monoisotopic (exact) mass is 259 g/mol. The number of carbonyl (C=O) groups is 1. The molecule has 2 fully saturated rings. The van der Waals surface area contributed by atoms with Gasteiger partial charge in [-0.25, -0.2) is 0 Å². The van der Waals surface area contributed by atoms with Gasteiger partial charge >= 0.3 is 0 Å². The van der Waals surface area contributed by atoms with Gasteiger partial charge < -0.3 is 15.5 Å². The molecule has 1 saturated carbocycles. The minimum atomic E-state index is 0.0617. The summed E-state index contributed by atoms with van der Waals surface area (Å²) in [7, 11) is 0. The van der Waals surface area contributed by atoms with E-state index in [-0.39, 0.29) is 5.91 Å². The van der Waals surface area contributed by atoms with Gasteiger partial charge in [-0.2, -0.15) is 0 Å². The van der Waals surface area contributed by atoms with Crippen LogP contribution in [0.4, 0.5) is 5.69 Å². The Bertz CT molecular complexity index is 431. The number of hydrogen-bond acceptors (Lipinski definition) is 3. The van der Waals surface area contributed by atoms with Gasteiger partial charge in [-0.15, -0.1) is 0 Å². The van der Waals surface area contributed by atoms with Crippen LogP contribution < -0.4 is 15.5 Å². The molecule has 1 saturated heterocycles. The average Bonchev–Trinajstić information content (AvgIpc) is 3.25. The number of hydrogen-bond donors (Lipinski definition) is 2. The summed E-state index contributed by atoms with van der Waals surface area (Å²) in [6.07, 6.45) is 3.43. The quantitative estimate of drug-likeness (QED) is 0.862. The summed E-state index contributed by atoms with van der Waals surface area (Å²) in [4.78, 5) is 14.3. The number of benzene rings is 1. The molecule has 2 N–H and O–H groups in total. The molecule has 1 aromatic carbocycles. The minimum Gasteiger partial charge on any atom is -0.370 e. The number of nitrogens with one attached hydrogen (secondary N) is 2. The molecule has 0 atom stereocenters. The first-order valence-corrected chi connectivity index (χ1v) is 7.19. The van der Waals surface area contributed by atoms with Crippen LogP contribution >= 0.6 is 0 Å². The van der Waals surface area contributed by atoms with E-state index in [0.717, 1.165) is 44.6 Å². The van der Waals surface area contributed by atoms with Crippen molar-refractivity contribution < 1.29 is 4.79 Å². The van der Waals surface area contributed by atoms with Crippen molar-refractivity contribution in [1.29, 1.82) is 0 Å². The highest BCUT2D eigenvalue weighted by Gasteiger charge is 2.23. The molecule has 4 nitrogen and oxygen atoms in total. The molecule has 0 unspecified atom stereocenters. The Morgan fingerprint density at radius 3 is 2.68 bits per heavy atom. The number of anilines is 1. The van der Waals surface area contributed by atoms with Crippen molar-refractivity contribution in [3.63, 3.8) is 0 Å². The number of amides is 1. The van der Waals surface area contributed by atoms with Crippen molar-refractivity contribution in [2.45, 2.75) is 25.3 Å². The van der Waals surface area contributed by atoms with E-state index < -0.39 is 0 Å². The maximum absolute atomic E-state index is 11.9. The maximum Gasteiger partial charge on any atom is 0.251 e. The molecular weight excluding hydrogens is 238 g/mol. The molecule has 3 rings (SSSR count). The minimum absolute atomic E-state index is 0.0617. The molecule has 1 heterocycles. The molecule has 1 aromatic rings. The SMILES string of the molecule is O=C(NC1CC1)c1ccc(N2CCCNCC2)cc1. The van der Waals surface area contributed by atoms with Crippen LogP contribution in [0, 0.1) is 0 Å². The molecule has 0 spiro atoms. The molecule has 0 bridgehead atoms. The van der Waals surface area contributed by atoms with Gasteiger partial charge in [0.1, 0.15) is 0 Å². The van der Waals surface area contributed by atoms with Crippen LogP contribution in [0.2, 0.25) is 0 Å². The lowest BCUT2D eigenvalue weighted by Crippen LogP contribution is -2.28. The molecule has 4 heteroatoms. The molecule has 19 heavy (non-hydrogen) atoms. The Balaban J connectivity index is 1.65. The Morgan fingerprint density at radius 1 is 1.16 bits per heavy atom. The van der Waals surface area contributed by atoms with Crippen molar-refractivity contribution >= 4 is 11.6 Å². The second kappa shape index (κ2) is 5.61. The lowest BCUT2D eigenvalue weighted by molar-refractivity contribution is 0.0951. The zero-order valence-corrected chi connectivity index (χ0v) is 11.2. The lowest BCUT2D eigenvalue weighted by atomic mass is 10.1. The summed E-state index contributed by atoms with van der Waals surface area (Å²) >= 11 is 0.